The molecule has 1 heterocycles. The molecule has 23 heavy (non-hydrogen) atoms. The number of sulfonamides is 1. The van der Waals surface area contributed by atoms with E-state index in [-0.39, 0.29) is 10.6 Å². The highest BCUT2D eigenvalue weighted by Gasteiger charge is 2.24. The zero-order valence-electron chi connectivity index (χ0n) is 13.1. The smallest absolute Gasteiger partial charge is 0.293 e. The van der Waals surface area contributed by atoms with Crippen LogP contribution in [0, 0.1) is 10.1 Å². The lowest BCUT2D eigenvalue weighted by molar-refractivity contribution is -0.384. The second kappa shape index (κ2) is 7.24. The summed E-state index contributed by atoms with van der Waals surface area (Å²) >= 11 is 0. The number of nitro benzene ring substituents is 1. The van der Waals surface area contributed by atoms with E-state index in [0.29, 0.717) is 18.8 Å². The van der Waals surface area contributed by atoms with Crippen LogP contribution in [0.5, 0.6) is 0 Å². The summed E-state index contributed by atoms with van der Waals surface area (Å²) in [7, 11) is -3.96. The monoisotopic (exact) mass is 342 g/mol. The molecule has 0 radical (unpaired) electrons. The molecule has 0 spiro atoms. The van der Waals surface area contributed by atoms with Crippen molar-refractivity contribution in [2.24, 2.45) is 5.14 Å². The number of benzene rings is 1. The van der Waals surface area contributed by atoms with Gasteiger partial charge in [0, 0.05) is 25.7 Å². The summed E-state index contributed by atoms with van der Waals surface area (Å²) in [5.41, 5.74) is 0.223. The largest absolute Gasteiger partial charge is 0.365 e. The SMILES string of the molecule is CCCN1CCCN(c2ccc(S(N)(=O)=O)cc2[N+](=O)[O-])CC1. The van der Waals surface area contributed by atoms with Gasteiger partial charge in [0.25, 0.3) is 5.69 Å². The number of anilines is 1. The molecule has 0 atom stereocenters. The molecule has 2 N–H and O–H groups in total. The van der Waals surface area contributed by atoms with Crippen molar-refractivity contribution in [1.82, 2.24) is 4.90 Å². The van der Waals surface area contributed by atoms with Gasteiger partial charge in [-0.3, -0.25) is 10.1 Å². The van der Waals surface area contributed by atoms with Crippen LogP contribution in [-0.2, 0) is 10.0 Å². The van der Waals surface area contributed by atoms with Gasteiger partial charge in [0.1, 0.15) is 5.69 Å². The van der Waals surface area contributed by atoms with Crippen molar-refractivity contribution >= 4 is 21.4 Å². The Labute approximate surface area is 136 Å². The van der Waals surface area contributed by atoms with Gasteiger partial charge in [0.2, 0.25) is 10.0 Å². The Morgan fingerprint density at radius 2 is 2.00 bits per heavy atom. The maximum Gasteiger partial charge on any atom is 0.293 e. The molecule has 1 aromatic carbocycles. The number of nitrogens with zero attached hydrogens (tertiary/aromatic N) is 3. The molecular formula is C14H22N4O4S. The highest BCUT2D eigenvalue weighted by Crippen LogP contribution is 2.31. The molecule has 0 saturated carbocycles. The van der Waals surface area contributed by atoms with Gasteiger partial charge in [-0.2, -0.15) is 0 Å². The van der Waals surface area contributed by atoms with Gasteiger partial charge in [-0.25, -0.2) is 13.6 Å². The van der Waals surface area contributed by atoms with E-state index in [9.17, 15) is 18.5 Å². The van der Waals surface area contributed by atoms with Gasteiger partial charge >= 0.3 is 0 Å². The van der Waals surface area contributed by atoms with E-state index >= 15 is 0 Å². The fraction of sp³-hybridized carbons (Fsp3) is 0.571. The molecule has 0 unspecified atom stereocenters. The average Bonchev–Trinajstić information content (AvgIpc) is 2.71. The molecule has 2 rings (SSSR count). The van der Waals surface area contributed by atoms with Crippen LogP contribution in [0.3, 0.4) is 0 Å². The van der Waals surface area contributed by atoms with Crippen LogP contribution in [0.25, 0.3) is 0 Å². The molecule has 1 fully saturated rings. The van der Waals surface area contributed by atoms with Gasteiger partial charge in [0.15, 0.2) is 0 Å². The Balaban J connectivity index is 2.30. The summed E-state index contributed by atoms with van der Waals surface area (Å²) in [5.74, 6) is 0. The first kappa shape index (κ1) is 17.6. The average molecular weight is 342 g/mol. The minimum absolute atomic E-state index is 0.222. The topological polar surface area (TPSA) is 110 Å². The van der Waals surface area contributed by atoms with Crippen LogP contribution >= 0.6 is 0 Å². The summed E-state index contributed by atoms with van der Waals surface area (Å²) in [6.07, 6.45) is 1.98. The molecule has 9 heteroatoms. The molecular weight excluding hydrogens is 320 g/mol. The third-order valence-corrected chi connectivity index (χ3v) is 4.85. The molecule has 0 aromatic heterocycles. The third-order valence-electron chi connectivity index (χ3n) is 3.94. The van der Waals surface area contributed by atoms with Crippen LogP contribution in [0.1, 0.15) is 19.8 Å². The van der Waals surface area contributed by atoms with E-state index in [1.165, 1.54) is 12.1 Å². The van der Waals surface area contributed by atoms with E-state index in [4.69, 9.17) is 5.14 Å². The first-order chi connectivity index (χ1) is 10.8. The van der Waals surface area contributed by atoms with Crippen LogP contribution < -0.4 is 10.0 Å². The summed E-state index contributed by atoms with van der Waals surface area (Å²) in [6.45, 7) is 6.32. The van der Waals surface area contributed by atoms with E-state index in [1.54, 1.807) is 0 Å². The van der Waals surface area contributed by atoms with Gasteiger partial charge in [-0.05, 0) is 38.1 Å². The fourth-order valence-corrected chi connectivity index (χ4v) is 3.38. The number of nitro groups is 1. The Morgan fingerprint density at radius 1 is 1.26 bits per heavy atom. The Kier molecular flexibility index (Phi) is 5.55. The normalized spacial score (nSPS) is 17.0. The first-order valence-corrected chi connectivity index (χ1v) is 9.16. The summed E-state index contributed by atoms with van der Waals surface area (Å²) in [5, 5.41) is 16.4. The standard InChI is InChI=1S/C14H22N4O4S/c1-2-6-16-7-3-8-17(10-9-16)13-5-4-12(23(15,21)22)11-14(13)18(19)20/h4-5,11H,2-3,6-10H2,1H3,(H2,15,21,22). The molecule has 0 bridgehead atoms. The first-order valence-electron chi connectivity index (χ1n) is 7.61. The fourth-order valence-electron chi connectivity index (χ4n) is 2.85. The van der Waals surface area contributed by atoms with Crippen molar-refractivity contribution in [1.29, 1.82) is 0 Å². The highest BCUT2D eigenvalue weighted by atomic mass is 32.2. The van der Waals surface area contributed by atoms with Crippen LogP contribution in [0.15, 0.2) is 23.1 Å². The summed E-state index contributed by atoms with van der Waals surface area (Å²) < 4.78 is 22.8. The summed E-state index contributed by atoms with van der Waals surface area (Å²) in [6, 6.07) is 3.85. The molecule has 128 valence electrons. The lowest BCUT2D eigenvalue weighted by Crippen LogP contribution is -2.31. The predicted octanol–water partition coefficient (Wildman–Crippen LogP) is 1.16. The number of hydrogen-bond donors (Lipinski definition) is 1. The second-order valence-electron chi connectivity index (χ2n) is 5.63. The van der Waals surface area contributed by atoms with Crippen molar-refractivity contribution in [3.8, 4) is 0 Å². The van der Waals surface area contributed by atoms with Crippen molar-refractivity contribution in [3.05, 3.63) is 28.3 Å². The summed E-state index contributed by atoms with van der Waals surface area (Å²) in [4.78, 5) is 14.8. The van der Waals surface area contributed by atoms with Crippen molar-refractivity contribution in [3.63, 3.8) is 0 Å². The number of hydrogen-bond acceptors (Lipinski definition) is 6. The van der Waals surface area contributed by atoms with Crippen LogP contribution in [0.4, 0.5) is 11.4 Å². The third kappa shape index (κ3) is 4.40. The van der Waals surface area contributed by atoms with E-state index in [1.807, 2.05) is 4.90 Å². The van der Waals surface area contributed by atoms with E-state index in [2.05, 4.69) is 11.8 Å². The van der Waals surface area contributed by atoms with E-state index in [0.717, 1.165) is 38.5 Å². The lowest BCUT2D eigenvalue weighted by atomic mass is 10.2. The number of nitrogens with two attached hydrogens (primary N) is 1. The molecule has 1 aliphatic rings. The number of primary sulfonamides is 1. The molecule has 0 amide bonds. The quantitative estimate of drug-likeness (QED) is 0.635. The Hall–Kier alpha value is -1.71. The highest BCUT2D eigenvalue weighted by molar-refractivity contribution is 7.89. The molecule has 0 aliphatic carbocycles. The van der Waals surface area contributed by atoms with Gasteiger partial charge < -0.3 is 9.80 Å². The maximum absolute atomic E-state index is 11.4. The minimum atomic E-state index is -3.96. The van der Waals surface area contributed by atoms with Gasteiger partial charge in [-0.15, -0.1) is 0 Å². The zero-order chi connectivity index (χ0) is 17.0. The second-order valence-corrected chi connectivity index (χ2v) is 7.20. The lowest BCUT2D eigenvalue weighted by Gasteiger charge is -2.23. The zero-order valence-corrected chi connectivity index (χ0v) is 14.0. The predicted molar refractivity (Wildman–Crippen MR) is 88.0 cm³/mol. The Morgan fingerprint density at radius 3 is 2.61 bits per heavy atom. The van der Waals surface area contributed by atoms with Crippen molar-refractivity contribution < 1.29 is 13.3 Å². The molecule has 1 aromatic rings. The maximum atomic E-state index is 11.4. The van der Waals surface area contributed by atoms with Crippen molar-refractivity contribution in [2.45, 2.75) is 24.7 Å². The number of rotatable bonds is 5. The van der Waals surface area contributed by atoms with Crippen LogP contribution in [-0.4, -0.2) is 51.0 Å². The Bertz CT molecular complexity index is 677. The molecule has 1 saturated heterocycles. The van der Waals surface area contributed by atoms with Crippen molar-refractivity contribution in [2.75, 3.05) is 37.6 Å². The minimum Gasteiger partial charge on any atom is -0.365 e. The van der Waals surface area contributed by atoms with Crippen LogP contribution in [0.2, 0.25) is 0 Å². The molecule has 8 nitrogen and oxygen atoms in total. The van der Waals surface area contributed by atoms with Gasteiger partial charge in [0.05, 0.1) is 9.82 Å². The van der Waals surface area contributed by atoms with Gasteiger partial charge in [-0.1, -0.05) is 6.92 Å². The van der Waals surface area contributed by atoms with E-state index < -0.39 is 14.9 Å². The molecule has 1 aliphatic heterocycles.